The lowest BCUT2D eigenvalue weighted by Gasteiger charge is -2.28. The summed E-state index contributed by atoms with van der Waals surface area (Å²) in [6.45, 7) is 1.86. The van der Waals surface area contributed by atoms with Crippen molar-refractivity contribution in [2.45, 2.75) is 19.3 Å². The van der Waals surface area contributed by atoms with Crippen LogP contribution in [0, 0.1) is 0 Å². The first-order valence-electron chi connectivity index (χ1n) is 8.72. The molecule has 0 atom stereocenters. The van der Waals surface area contributed by atoms with E-state index in [1.165, 1.54) is 31.0 Å². The molecule has 0 spiro atoms. The third kappa shape index (κ3) is 5.46. The van der Waals surface area contributed by atoms with Gasteiger partial charge in [0.05, 0.1) is 0 Å². The van der Waals surface area contributed by atoms with Crippen LogP contribution in [-0.2, 0) is 14.3 Å². The van der Waals surface area contributed by atoms with Crippen molar-refractivity contribution in [1.82, 2.24) is 0 Å². The second-order valence-electron chi connectivity index (χ2n) is 6.14. The summed E-state index contributed by atoms with van der Waals surface area (Å²) in [5, 5.41) is 6.59. The minimum Gasteiger partial charge on any atom is -0.452 e. The average Bonchev–Trinajstić information content (AvgIpc) is 3.20. The summed E-state index contributed by atoms with van der Waals surface area (Å²) in [6.07, 6.45) is 6.74. The Morgan fingerprint density at radius 2 is 1.88 bits per heavy atom. The van der Waals surface area contributed by atoms with Crippen LogP contribution in [0.4, 0.5) is 11.4 Å². The van der Waals surface area contributed by atoms with Gasteiger partial charge in [0.25, 0.3) is 5.91 Å². The quantitative estimate of drug-likeness (QED) is 0.618. The zero-order valence-electron chi connectivity index (χ0n) is 14.5. The van der Waals surface area contributed by atoms with Crippen molar-refractivity contribution in [3.63, 3.8) is 0 Å². The summed E-state index contributed by atoms with van der Waals surface area (Å²) in [4.78, 5) is 25.9. The Morgan fingerprint density at radius 3 is 2.58 bits per heavy atom. The molecular formula is C20H22N2O3S. The molecule has 1 aliphatic heterocycles. The van der Waals surface area contributed by atoms with Gasteiger partial charge in [-0.15, -0.1) is 0 Å². The maximum atomic E-state index is 11.9. The van der Waals surface area contributed by atoms with Crippen LogP contribution in [0.3, 0.4) is 0 Å². The molecule has 1 aromatic heterocycles. The molecule has 1 amide bonds. The van der Waals surface area contributed by atoms with Crippen LogP contribution in [0.1, 0.15) is 24.8 Å². The Balaban J connectivity index is 1.43. The van der Waals surface area contributed by atoms with Gasteiger partial charge in [0.2, 0.25) is 0 Å². The highest BCUT2D eigenvalue weighted by molar-refractivity contribution is 7.08. The van der Waals surface area contributed by atoms with Crippen LogP contribution in [-0.4, -0.2) is 31.6 Å². The van der Waals surface area contributed by atoms with Crippen molar-refractivity contribution in [1.29, 1.82) is 0 Å². The van der Waals surface area contributed by atoms with Gasteiger partial charge in [0, 0.05) is 30.5 Å². The second-order valence-corrected chi connectivity index (χ2v) is 6.92. The van der Waals surface area contributed by atoms with Crippen molar-refractivity contribution in [3.05, 3.63) is 52.7 Å². The zero-order valence-corrected chi connectivity index (χ0v) is 15.3. The molecule has 1 aliphatic rings. The summed E-state index contributed by atoms with van der Waals surface area (Å²) in [5.74, 6) is -0.889. The molecule has 0 bridgehead atoms. The maximum Gasteiger partial charge on any atom is 0.331 e. The number of carbonyl (C=O) groups is 2. The standard InChI is InChI=1S/C20H22N2O3S/c23-19(14-25-20(24)9-4-16-10-13-26-15-16)21-17-5-7-18(8-6-17)22-11-2-1-3-12-22/h4-10,13,15H,1-3,11-12,14H2,(H,21,23)/b9-4+. The van der Waals surface area contributed by atoms with Crippen LogP contribution in [0.15, 0.2) is 47.2 Å². The summed E-state index contributed by atoms with van der Waals surface area (Å²) in [5.41, 5.74) is 2.80. The molecule has 0 aliphatic carbocycles. The first kappa shape index (κ1) is 18.2. The fourth-order valence-corrected chi connectivity index (χ4v) is 3.45. The number of ether oxygens (including phenoxy) is 1. The van der Waals surface area contributed by atoms with E-state index >= 15 is 0 Å². The van der Waals surface area contributed by atoms with E-state index < -0.39 is 5.97 Å². The van der Waals surface area contributed by atoms with Crippen molar-refractivity contribution >= 4 is 40.7 Å². The lowest BCUT2D eigenvalue weighted by molar-refractivity contribution is -0.142. The number of piperidine rings is 1. The van der Waals surface area contributed by atoms with E-state index in [9.17, 15) is 9.59 Å². The lowest BCUT2D eigenvalue weighted by atomic mass is 10.1. The third-order valence-electron chi connectivity index (χ3n) is 4.17. The van der Waals surface area contributed by atoms with Gasteiger partial charge in [0.1, 0.15) is 0 Å². The van der Waals surface area contributed by atoms with Crippen LogP contribution in [0.5, 0.6) is 0 Å². The number of hydrogen-bond acceptors (Lipinski definition) is 5. The van der Waals surface area contributed by atoms with Crippen molar-refractivity contribution in [3.8, 4) is 0 Å². The summed E-state index contributed by atoms with van der Waals surface area (Å²) >= 11 is 1.55. The van der Waals surface area contributed by atoms with E-state index in [-0.39, 0.29) is 12.5 Å². The van der Waals surface area contributed by atoms with Gasteiger partial charge in [-0.25, -0.2) is 4.79 Å². The number of anilines is 2. The highest BCUT2D eigenvalue weighted by Gasteiger charge is 2.11. The molecular weight excluding hydrogens is 348 g/mol. The molecule has 136 valence electrons. The molecule has 0 unspecified atom stereocenters. The molecule has 1 N–H and O–H groups in total. The predicted molar refractivity (Wildman–Crippen MR) is 105 cm³/mol. The van der Waals surface area contributed by atoms with E-state index in [1.807, 2.05) is 41.1 Å². The first-order valence-corrected chi connectivity index (χ1v) is 9.67. The summed E-state index contributed by atoms with van der Waals surface area (Å²) < 4.78 is 4.95. The second kappa shape index (κ2) is 9.20. The summed E-state index contributed by atoms with van der Waals surface area (Å²) in [7, 11) is 0. The highest BCUT2D eigenvalue weighted by atomic mass is 32.1. The van der Waals surface area contributed by atoms with E-state index in [2.05, 4.69) is 10.2 Å². The van der Waals surface area contributed by atoms with E-state index in [0.717, 1.165) is 18.7 Å². The monoisotopic (exact) mass is 370 g/mol. The molecule has 3 rings (SSSR count). The Bertz CT molecular complexity index is 748. The van der Waals surface area contributed by atoms with Gasteiger partial charge < -0.3 is 15.0 Å². The number of thiophene rings is 1. The van der Waals surface area contributed by atoms with Crippen molar-refractivity contribution in [2.24, 2.45) is 0 Å². The largest absolute Gasteiger partial charge is 0.452 e. The summed E-state index contributed by atoms with van der Waals surface area (Å²) in [6, 6.07) is 9.67. The molecule has 5 nitrogen and oxygen atoms in total. The minimum atomic E-state index is -0.535. The van der Waals surface area contributed by atoms with Gasteiger partial charge in [-0.05, 0) is 72.0 Å². The number of hydrogen-bond donors (Lipinski definition) is 1. The van der Waals surface area contributed by atoms with Gasteiger partial charge in [-0.1, -0.05) is 0 Å². The number of amides is 1. The molecule has 1 fully saturated rings. The number of carbonyl (C=O) groups excluding carboxylic acids is 2. The van der Waals surface area contributed by atoms with Crippen LogP contribution < -0.4 is 10.2 Å². The topological polar surface area (TPSA) is 58.6 Å². The number of esters is 1. The third-order valence-corrected chi connectivity index (χ3v) is 4.87. The lowest BCUT2D eigenvalue weighted by Crippen LogP contribution is -2.29. The van der Waals surface area contributed by atoms with Crippen molar-refractivity contribution < 1.29 is 14.3 Å². The number of rotatable bonds is 6. The Morgan fingerprint density at radius 1 is 1.12 bits per heavy atom. The molecule has 1 saturated heterocycles. The number of nitrogens with zero attached hydrogens (tertiary/aromatic N) is 1. The molecule has 0 radical (unpaired) electrons. The Kier molecular flexibility index (Phi) is 6.44. The fraction of sp³-hybridized carbons (Fsp3) is 0.300. The van der Waals surface area contributed by atoms with E-state index in [4.69, 9.17) is 4.74 Å². The normalized spacial score (nSPS) is 14.4. The average molecular weight is 370 g/mol. The molecule has 2 heterocycles. The molecule has 6 heteroatoms. The molecule has 2 aromatic rings. The van der Waals surface area contributed by atoms with Gasteiger partial charge in [0.15, 0.2) is 6.61 Å². The van der Waals surface area contributed by atoms with E-state index in [1.54, 1.807) is 17.4 Å². The van der Waals surface area contributed by atoms with Crippen LogP contribution >= 0.6 is 11.3 Å². The fourth-order valence-electron chi connectivity index (χ4n) is 2.82. The maximum absolute atomic E-state index is 11.9. The molecule has 26 heavy (non-hydrogen) atoms. The predicted octanol–water partition coefficient (Wildman–Crippen LogP) is 3.93. The number of benzene rings is 1. The SMILES string of the molecule is O=C(COC(=O)/C=C/c1ccsc1)Nc1ccc(N2CCCCC2)cc1. The van der Waals surface area contributed by atoms with Gasteiger partial charge in [-0.2, -0.15) is 11.3 Å². The smallest absolute Gasteiger partial charge is 0.331 e. The Labute approximate surface area is 157 Å². The Hall–Kier alpha value is -2.60. The molecule has 0 saturated carbocycles. The zero-order chi connectivity index (χ0) is 18.2. The highest BCUT2D eigenvalue weighted by Crippen LogP contribution is 2.21. The van der Waals surface area contributed by atoms with Crippen LogP contribution in [0.25, 0.3) is 6.08 Å². The van der Waals surface area contributed by atoms with Crippen molar-refractivity contribution in [2.75, 3.05) is 29.9 Å². The minimum absolute atomic E-state index is 0.305. The van der Waals surface area contributed by atoms with Crippen LogP contribution in [0.2, 0.25) is 0 Å². The van der Waals surface area contributed by atoms with E-state index in [0.29, 0.717) is 5.69 Å². The molecule has 1 aromatic carbocycles. The number of nitrogens with one attached hydrogen (secondary N) is 1. The van der Waals surface area contributed by atoms with Gasteiger partial charge in [-0.3, -0.25) is 4.79 Å². The first-order chi connectivity index (χ1) is 12.7. The van der Waals surface area contributed by atoms with Gasteiger partial charge >= 0.3 is 5.97 Å².